The summed E-state index contributed by atoms with van der Waals surface area (Å²) in [7, 11) is 0. The number of fused-ring (bicyclic) bond motifs is 1. The lowest BCUT2D eigenvalue weighted by Crippen LogP contribution is -2.05. The molecule has 0 aromatic carbocycles. The molecule has 70 valence electrons. The molecule has 0 heteroatoms. The van der Waals surface area contributed by atoms with Gasteiger partial charge >= 0.3 is 0 Å². The van der Waals surface area contributed by atoms with E-state index < -0.39 is 0 Å². The monoisotopic (exact) mass is 182 g/mol. The predicted molar refractivity (Wildman–Crippen MR) is 59.9 cm³/mol. The third kappa shape index (κ3) is 1.22. The van der Waals surface area contributed by atoms with Gasteiger partial charge < -0.3 is 0 Å². The number of hydrogen-bond donors (Lipinski definition) is 0. The maximum Gasteiger partial charge on any atom is -0.00551 e. The Balaban J connectivity index is 2.04. The highest BCUT2D eigenvalue weighted by atomic mass is 14.2. The first-order valence-electron chi connectivity index (χ1n) is 5.39. The van der Waals surface area contributed by atoms with Crippen molar-refractivity contribution in [1.82, 2.24) is 0 Å². The molecule has 0 aromatic heterocycles. The fourth-order valence-corrected chi connectivity index (χ4v) is 2.43. The Labute approximate surface area is 85.0 Å². The van der Waals surface area contributed by atoms with Gasteiger partial charge in [0.05, 0.1) is 0 Å². The van der Waals surface area contributed by atoms with Crippen LogP contribution in [0.3, 0.4) is 0 Å². The van der Waals surface area contributed by atoms with E-state index in [9.17, 15) is 0 Å². The summed E-state index contributed by atoms with van der Waals surface area (Å²) in [6, 6.07) is 0. The summed E-state index contributed by atoms with van der Waals surface area (Å²) in [6.45, 7) is 0. The molecule has 3 rings (SSSR count). The highest BCUT2D eigenvalue weighted by molar-refractivity contribution is 5.54. The summed E-state index contributed by atoms with van der Waals surface area (Å²) in [5, 5.41) is 0. The quantitative estimate of drug-likeness (QED) is 0.534. The van der Waals surface area contributed by atoms with E-state index in [0.29, 0.717) is 0 Å². The van der Waals surface area contributed by atoms with Crippen LogP contribution < -0.4 is 0 Å². The first-order valence-corrected chi connectivity index (χ1v) is 5.39. The number of hydrogen-bond acceptors (Lipinski definition) is 0. The van der Waals surface area contributed by atoms with Gasteiger partial charge in [-0.15, -0.1) is 0 Å². The molecule has 0 saturated heterocycles. The first-order chi connectivity index (χ1) is 6.93. The summed E-state index contributed by atoms with van der Waals surface area (Å²) in [6.07, 6.45) is 18.5. The smallest absolute Gasteiger partial charge is 0.00551 e. The molecular weight excluding hydrogens is 168 g/mol. The van der Waals surface area contributed by atoms with Crippen molar-refractivity contribution >= 4 is 0 Å². The molecule has 0 heterocycles. The van der Waals surface area contributed by atoms with Gasteiger partial charge in [0.25, 0.3) is 0 Å². The lowest BCUT2D eigenvalue weighted by molar-refractivity contribution is 0.874. The highest BCUT2D eigenvalue weighted by Gasteiger charge is 2.17. The molecule has 0 aliphatic heterocycles. The van der Waals surface area contributed by atoms with Crippen molar-refractivity contribution in [2.45, 2.75) is 25.7 Å². The topological polar surface area (TPSA) is 0 Å². The Morgan fingerprint density at radius 1 is 1.07 bits per heavy atom. The Kier molecular flexibility index (Phi) is 1.80. The molecule has 0 atom stereocenters. The van der Waals surface area contributed by atoms with Crippen molar-refractivity contribution < 1.29 is 0 Å². The minimum absolute atomic E-state index is 1.12. The Morgan fingerprint density at radius 2 is 2.07 bits per heavy atom. The SMILES string of the molecule is C1=CCC2=CC3=C(CCC=C3)CC2=C1. The van der Waals surface area contributed by atoms with Crippen molar-refractivity contribution in [3.05, 3.63) is 58.7 Å². The predicted octanol–water partition coefficient (Wildman–Crippen LogP) is 3.85. The van der Waals surface area contributed by atoms with Gasteiger partial charge in [-0.3, -0.25) is 0 Å². The lowest BCUT2D eigenvalue weighted by atomic mass is 9.81. The van der Waals surface area contributed by atoms with Crippen LogP contribution in [0.2, 0.25) is 0 Å². The van der Waals surface area contributed by atoms with Crippen LogP contribution in [0.15, 0.2) is 58.7 Å². The van der Waals surface area contributed by atoms with E-state index in [1.54, 1.807) is 11.1 Å². The van der Waals surface area contributed by atoms with Crippen LogP contribution in [0, 0.1) is 0 Å². The van der Waals surface area contributed by atoms with Crippen LogP contribution in [-0.4, -0.2) is 0 Å². The van der Waals surface area contributed by atoms with Crippen LogP contribution in [0.25, 0.3) is 0 Å². The normalized spacial score (nSPS) is 24.0. The molecule has 0 fully saturated rings. The van der Waals surface area contributed by atoms with Gasteiger partial charge in [0.1, 0.15) is 0 Å². The lowest BCUT2D eigenvalue weighted by Gasteiger charge is -2.24. The molecule has 0 saturated carbocycles. The van der Waals surface area contributed by atoms with E-state index in [1.165, 1.54) is 30.4 Å². The molecule has 0 bridgehead atoms. The molecule has 3 aliphatic rings. The maximum absolute atomic E-state index is 2.38. The average molecular weight is 182 g/mol. The second-order valence-corrected chi connectivity index (χ2v) is 4.17. The Bertz CT molecular complexity index is 411. The molecule has 0 nitrogen and oxygen atoms in total. The van der Waals surface area contributed by atoms with Crippen molar-refractivity contribution in [3.63, 3.8) is 0 Å². The molecule has 0 N–H and O–H groups in total. The zero-order valence-corrected chi connectivity index (χ0v) is 8.29. The van der Waals surface area contributed by atoms with Gasteiger partial charge in [-0.2, -0.15) is 0 Å². The van der Waals surface area contributed by atoms with Crippen molar-refractivity contribution in [2.24, 2.45) is 0 Å². The Morgan fingerprint density at radius 3 is 3.07 bits per heavy atom. The second-order valence-electron chi connectivity index (χ2n) is 4.17. The summed E-state index contributed by atoms with van der Waals surface area (Å²) in [4.78, 5) is 0. The van der Waals surface area contributed by atoms with E-state index in [-0.39, 0.29) is 0 Å². The van der Waals surface area contributed by atoms with E-state index in [1.807, 2.05) is 0 Å². The fraction of sp³-hybridized carbons (Fsp3) is 0.286. The standard InChI is InChI=1S/C14H14/c1-2-6-12-10-14-8-4-3-7-13(14)9-11(12)5-1/h1-3,6-7,9H,4-5,8,10H2. The van der Waals surface area contributed by atoms with E-state index in [2.05, 4.69) is 36.5 Å². The van der Waals surface area contributed by atoms with Crippen molar-refractivity contribution in [3.8, 4) is 0 Å². The number of rotatable bonds is 0. The summed E-state index contributed by atoms with van der Waals surface area (Å²) < 4.78 is 0. The van der Waals surface area contributed by atoms with Gasteiger partial charge in [-0.1, -0.05) is 42.0 Å². The zero-order chi connectivity index (χ0) is 9.38. The van der Waals surface area contributed by atoms with E-state index >= 15 is 0 Å². The van der Waals surface area contributed by atoms with Gasteiger partial charge in [0, 0.05) is 0 Å². The van der Waals surface area contributed by atoms with Crippen LogP contribution in [0.1, 0.15) is 25.7 Å². The van der Waals surface area contributed by atoms with Crippen LogP contribution >= 0.6 is 0 Å². The maximum atomic E-state index is 2.38. The van der Waals surface area contributed by atoms with Gasteiger partial charge in [-0.05, 0) is 42.4 Å². The first kappa shape index (κ1) is 8.05. The molecular formula is C14H14. The molecule has 0 aromatic rings. The third-order valence-electron chi connectivity index (χ3n) is 3.24. The molecule has 0 unspecified atom stereocenters. The molecule has 3 aliphatic carbocycles. The minimum Gasteiger partial charge on any atom is -0.0836 e. The van der Waals surface area contributed by atoms with Gasteiger partial charge in [0.15, 0.2) is 0 Å². The van der Waals surface area contributed by atoms with Crippen LogP contribution in [0.4, 0.5) is 0 Å². The van der Waals surface area contributed by atoms with Crippen LogP contribution in [-0.2, 0) is 0 Å². The minimum atomic E-state index is 1.12. The largest absolute Gasteiger partial charge is 0.0836 e. The number of allylic oxidation sites excluding steroid dienone is 10. The molecule has 14 heavy (non-hydrogen) atoms. The summed E-state index contributed by atoms with van der Waals surface area (Å²) >= 11 is 0. The molecule has 0 spiro atoms. The molecule has 0 radical (unpaired) electrons. The van der Waals surface area contributed by atoms with Crippen LogP contribution in [0.5, 0.6) is 0 Å². The fourth-order valence-electron chi connectivity index (χ4n) is 2.43. The van der Waals surface area contributed by atoms with Gasteiger partial charge in [-0.25, -0.2) is 0 Å². The van der Waals surface area contributed by atoms with Crippen molar-refractivity contribution in [1.29, 1.82) is 0 Å². The highest BCUT2D eigenvalue weighted by Crippen LogP contribution is 2.36. The van der Waals surface area contributed by atoms with E-state index in [4.69, 9.17) is 0 Å². The Hall–Kier alpha value is -1.30. The second kappa shape index (κ2) is 3.13. The van der Waals surface area contributed by atoms with Crippen molar-refractivity contribution in [2.75, 3.05) is 0 Å². The third-order valence-corrected chi connectivity index (χ3v) is 3.24. The summed E-state index contributed by atoms with van der Waals surface area (Å²) in [5.41, 5.74) is 6.19. The van der Waals surface area contributed by atoms with Gasteiger partial charge in [0.2, 0.25) is 0 Å². The zero-order valence-electron chi connectivity index (χ0n) is 8.29. The van der Waals surface area contributed by atoms with E-state index in [0.717, 1.165) is 6.42 Å². The molecule has 0 amide bonds. The average Bonchev–Trinajstić information content (AvgIpc) is 2.26. The summed E-state index contributed by atoms with van der Waals surface area (Å²) in [5.74, 6) is 0.